The highest BCUT2D eigenvalue weighted by molar-refractivity contribution is 9.10. The highest BCUT2D eigenvalue weighted by atomic mass is 79.9. The summed E-state index contributed by atoms with van der Waals surface area (Å²) in [5, 5.41) is 12.2. The summed E-state index contributed by atoms with van der Waals surface area (Å²) in [5.74, 6) is 1.46. The summed E-state index contributed by atoms with van der Waals surface area (Å²) in [5.41, 5.74) is 1.08. The van der Waals surface area contributed by atoms with E-state index in [1.54, 1.807) is 7.11 Å². The molecule has 108 valence electrons. The summed E-state index contributed by atoms with van der Waals surface area (Å²) < 4.78 is 11.9. The van der Waals surface area contributed by atoms with E-state index in [1.807, 2.05) is 19.1 Å². The fraction of sp³-hybridized carbons (Fsp3) is 0.571. The molecule has 1 rings (SSSR count). The molecule has 0 saturated carbocycles. The molecule has 1 atom stereocenters. The molecule has 1 unspecified atom stereocenters. The van der Waals surface area contributed by atoms with Crippen LogP contribution >= 0.6 is 15.9 Å². The van der Waals surface area contributed by atoms with E-state index in [2.05, 4.69) is 28.2 Å². The van der Waals surface area contributed by atoms with Crippen molar-refractivity contribution < 1.29 is 14.6 Å². The molecule has 0 aliphatic rings. The largest absolute Gasteiger partial charge is 0.493 e. The monoisotopic (exact) mass is 331 g/mol. The van der Waals surface area contributed by atoms with E-state index in [4.69, 9.17) is 14.6 Å². The third-order valence-electron chi connectivity index (χ3n) is 2.67. The van der Waals surface area contributed by atoms with Crippen molar-refractivity contribution in [3.63, 3.8) is 0 Å². The molecule has 1 aromatic carbocycles. The second-order valence-electron chi connectivity index (χ2n) is 4.42. The molecular formula is C14H22BrNO3. The Morgan fingerprint density at radius 1 is 1.42 bits per heavy atom. The number of aliphatic hydroxyl groups excluding tert-OH is 1. The normalized spacial score (nSPS) is 12.3. The maximum atomic E-state index is 8.99. The quantitative estimate of drug-likeness (QED) is 0.769. The molecule has 19 heavy (non-hydrogen) atoms. The zero-order valence-electron chi connectivity index (χ0n) is 11.7. The molecule has 5 heteroatoms. The lowest BCUT2D eigenvalue weighted by molar-refractivity contribution is 0.251. The van der Waals surface area contributed by atoms with Crippen molar-refractivity contribution in [2.24, 2.45) is 0 Å². The fourth-order valence-electron chi connectivity index (χ4n) is 1.58. The third-order valence-corrected chi connectivity index (χ3v) is 3.26. The molecule has 0 amide bonds. The molecule has 0 heterocycles. The number of hydrogen-bond donors (Lipinski definition) is 2. The average Bonchev–Trinajstić information content (AvgIpc) is 2.42. The number of hydrogen-bond acceptors (Lipinski definition) is 4. The summed E-state index contributed by atoms with van der Waals surface area (Å²) in [4.78, 5) is 0. The molecule has 0 aliphatic heterocycles. The average molecular weight is 332 g/mol. The maximum absolute atomic E-state index is 8.99. The number of benzene rings is 1. The Balaban J connectivity index is 2.83. The fourth-order valence-corrected chi connectivity index (χ4v) is 2.18. The Kier molecular flexibility index (Phi) is 7.20. The molecule has 0 aliphatic carbocycles. The number of aliphatic hydroxyl groups is 1. The van der Waals surface area contributed by atoms with Gasteiger partial charge < -0.3 is 19.9 Å². The zero-order valence-corrected chi connectivity index (χ0v) is 13.3. The van der Waals surface area contributed by atoms with Crippen molar-refractivity contribution in [3.8, 4) is 11.5 Å². The number of ether oxygens (including phenoxy) is 2. The molecular weight excluding hydrogens is 310 g/mol. The van der Waals surface area contributed by atoms with Gasteiger partial charge >= 0.3 is 0 Å². The van der Waals surface area contributed by atoms with E-state index < -0.39 is 0 Å². The van der Waals surface area contributed by atoms with Gasteiger partial charge in [-0.05, 0) is 47.0 Å². The lowest BCUT2D eigenvalue weighted by Gasteiger charge is -2.15. The van der Waals surface area contributed by atoms with Gasteiger partial charge in [-0.15, -0.1) is 0 Å². The molecule has 1 aromatic rings. The topological polar surface area (TPSA) is 50.7 Å². The van der Waals surface area contributed by atoms with Crippen molar-refractivity contribution >= 4 is 15.9 Å². The van der Waals surface area contributed by atoms with E-state index in [-0.39, 0.29) is 12.6 Å². The minimum absolute atomic E-state index is 0.0702. The standard InChI is InChI=1S/C14H22BrNO3/c1-4-5-19-14-12(15)6-11(7-13(14)18-3)8-16-10(2)9-17/h6-7,10,16-17H,4-5,8-9H2,1-3H3. The summed E-state index contributed by atoms with van der Waals surface area (Å²) in [7, 11) is 1.63. The zero-order chi connectivity index (χ0) is 14.3. The van der Waals surface area contributed by atoms with Gasteiger partial charge in [-0.25, -0.2) is 0 Å². The van der Waals surface area contributed by atoms with Crippen LogP contribution in [-0.4, -0.2) is 31.5 Å². The molecule has 4 nitrogen and oxygen atoms in total. The van der Waals surface area contributed by atoms with Crippen molar-refractivity contribution in [1.29, 1.82) is 0 Å². The molecule has 0 fully saturated rings. The molecule has 2 N–H and O–H groups in total. The van der Waals surface area contributed by atoms with Crippen molar-refractivity contribution in [3.05, 3.63) is 22.2 Å². The first-order valence-corrected chi connectivity index (χ1v) is 7.25. The second kappa shape index (κ2) is 8.40. The lowest BCUT2D eigenvalue weighted by atomic mass is 10.2. The Bertz CT molecular complexity index is 399. The van der Waals surface area contributed by atoms with Gasteiger partial charge in [-0.2, -0.15) is 0 Å². The number of rotatable bonds is 8. The van der Waals surface area contributed by atoms with Crippen LogP contribution in [0.15, 0.2) is 16.6 Å². The Hall–Kier alpha value is -0.780. The molecule has 0 aromatic heterocycles. The van der Waals surface area contributed by atoms with Gasteiger partial charge in [0.25, 0.3) is 0 Å². The van der Waals surface area contributed by atoms with E-state index in [1.165, 1.54) is 0 Å². The van der Waals surface area contributed by atoms with Crippen LogP contribution < -0.4 is 14.8 Å². The van der Waals surface area contributed by atoms with Gasteiger partial charge in [0.2, 0.25) is 0 Å². The van der Waals surface area contributed by atoms with Crippen LogP contribution in [-0.2, 0) is 6.54 Å². The minimum Gasteiger partial charge on any atom is -0.493 e. The van der Waals surface area contributed by atoms with Crippen LogP contribution in [0.2, 0.25) is 0 Å². The highest BCUT2D eigenvalue weighted by Gasteiger charge is 2.11. The first kappa shape index (κ1) is 16.3. The Morgan fingerprint density at radius 2 is 2.16 bits per heavy atom. The van der Waals surface area contributed by atoms with Crippen molar-refractivity contribution in [1.82, 2.24) is 5.32 Å². The predicted molar refractivity (Wildman–Crippen MR) is 79.9 cm³/mol. The van der Waals surface area contributed by atoms with E-state index in [9.17, 15) is 0 Å². The second-order valence-corrected chi connectivity index (χ2v) is 5.28. The smallest absolute Gasteiger partial charge is 0.175 e. The number of halogens is 1. The third kappa shape index (κ3) is 5.01. The summed E-state index contributed by atoms with van der Waals surface area (Å²) in [6.07, 6.45) is 0.951. The molecule has 0 bridgehead atoms. The van der Waals surface area contributed by atoms with Crippen LogP contribution in [0, 0.1) is 0 Å². The van der Waals surface area contributed by atoms with Crippen LogP contribution in [0.4, 0.5) is 0 Å². The summed E-state index contributed by atoms with van der Waals surface area (Å²) in [6.45, 7) is 5.45. The van der Waals surface area contributed by atoms with Gasteiger partial charge in [-0.1, -0.05) is 6.92 Å². The van der Waals surface area contributed by atoms with Crippen LogP contribution in [0.3, 0.4) is 0 Å². The molecule has 0 spiro atoms. The lowest BCUT2D eigenvalue weighted by Crippen LogP contribution is -2.28. The van der Waals surface area contributed by atoms with Crippen LogP contribution in [0.5, 0.6) is 11.5 Å². The van der Waals surface area contributed by atoms with Gasteiger partial charge in [0.15, 0.2) is 11.5 Å². The van der Waals surface area contributed by atoms with E-state index in [0.717, 1.165) is 28.0 Å². The molecule has 0 saturated heterocycles. The summed E-state index contributed by atoms with van der Waals surface area (Å²) in [6, 6.07) is 4.03. The van der Waals surface area contributed by atoms with Gasteiger partial charge in [-0.3, -0.25) is 0 Å². The maximum Gasteiger partial charge on any atom is 0.175 e. The minimum atomic E-state index is 0.0702. The van der Waals surface area contributed by atoms with Crippen molar-refractivity contribution in [2.45, 2.75) is 32.9 Å². The van der Waals surface area contributed by atoms with Gasteiger partial charge in [0, 0.05) is 12.6 Å². The summed E-state index contributed by atoms with van der Waals surface area (Å²) >= 11 is 3.51. The predicted octanol–water partition coefficient (Wildman–Crippen LogP) is 2.72. The highest BCUT2D eigenvalue weighted by Crippen LogP contribution is 2.36. The number of nitrogens with one attached hydrogen (secondary N) is 1. The van der Waals surface area contributed by atoms with Crippen LogP contribution in [0.25, 0.3) is 0 Å². The Labute approximate surface area is 123 Å². The van der Waals surface area contributed by atoms with Crippen molar-refractivity contribution in [2.75, 3.05) is 20.3 Å². The first-order chi connectivity index (χ1) is 9.12. The number of methoxy groups -OCH3 is 1. The van der Waals surface area contributed by atoms with Gasteiger partial charge in [0.1, 0.15) is 0 Å². The van der Waals surface area contributed by atoms with E-state index in [0.29, 0.717) is 13.2 Å². The molecule has 0 radical (unpaired) electrons. The SMILES string of the molecule is CCCOc1c(Br)cc(CNC(C)CO)cc1OC. The Morgan fingerprint density at radius 3 is 2.74 bits per heavy atom. The van der Waals surface area contributed by atoms with E-state index >= 15 is 0 Å². The first-order valence-electron chi connectivity index (χ1n) is 6.45. The van der Waals surface area contributed by atoms with Crippen LogP contribution in [0.1, 0.15) is 25.8 Å². The van der Waals surface area contributed by atoms with Gasteiger partial charge in [0.05, 0.1) is 24.8 Å².